The molecular formula is C17H23N3O. The fraction of sp³-hybridized carbons (Fsp3) is 0.471. The summed E-state index contributed by atoms with van der Waals surface area (Å²) < 4.78 is 1.90. The number of aromatic nitrogens is 2. The van der Waals surface area contributed by atoms with Crippen LogP contribution in [0.1, 0.15) is 31.4 Å². The summed E-state index contributed by atoms with van der Waals surface area (Å²) in [6.45, 7) is 0.779. The van der Waals surface area contributed by atoms with Crippen molar-refractivity contribution in [3.05, 3.63) is 48.3 Å². The van der Waals surface area contributed by atoms with Gasteiger partial charge in [0, 0.05) is 18.8 Å². The molecule has 1 aliphatic rings. The van der Waals surface area contributed by atoms with E-state index in [1.54, 1.807) is 0 Å². The third-order valence-electron chi connectivity index (χ3n) is 4.34. The Morgan fingerprint density at radius 2 is 1.95 bits per heavy atom. The van der Waals surface area contributed by atoms with Gasteiger partial charge in [-0.25, -0.2) is 4.68 Å². The molecule has 112 valence electrons. The normalized spacial score (nSPS) is 22.6. The second-order valence-corrected chi connectivity index (χ2v) is 5.92. The van der Waals surface area contributed by atoms with E-state index >= 15 is 0 Å². The number of hydrogen-bond acceptors (Lipinski definition) is 3. The zero-order chi connectivity index (χ0) is 14.7. The van der Waals surface area contributed by atoms with Crippen LogP contribution in [0.25, 0.3) is 5.69 Å². The first kappa shape index (κ1) is 14.3. The number of hydrogen-bond donors (Lipinski definition) is 1. The summed E-state index contributed by atoms with van der Waals surface area (Å²) in [5.74, 6) is 0. The van der Waals surface area contributed by atoms with Crippen molar-refractivity contribution < 1.29 is 5.11 Å². The number of aliphatic hydroxyl groups excluding tert-OH is 1. The Bertz CT molecular complexity index is 566. The molecule has 1 N–H and O–H groups in total. The number of likely N-dealkylation sites (N-methyl/N-ethyl adjacent to an activating group) is 1. The second kappa shape index (κ2) is 6.41. The molecule has 1 aliphatic carbocycles. The van der Waals surface area contributed by atoms with Gasteiger partial charge in [0.05, 0.1) is 17.5 Å². The Balaban J connectivity index is 1.67. The highest BCUT2D eigenvalue weighted by Gasteiger charge is 2.26. The van der Waals surface area contributed by atoms with E-state index in [2.05, 4.69) is 23.1 Å². The Hall–Kier alpha value is -1.65. The number of para-hydroxylation sites is 1. The van der Waals surface area contributed by atoms with Gasteiger partial charge >= 0.3 is 0 Å². The van der Waals surface area contributed by atoms with Gasteiger partial charge in [0.1, 0.15) is 0 Å². The van der Waals surface area contributed by atoms with Gasteiger partial charge in [-0.05, 0) is 38.1 Å². The molecule has 2 unspecified atom stereocenters. The van der Waals surface area contributed by atoms with Crippen molar-refractivity contribution >= 4 is 0 Å². The zero-order valence-electron chi connectivity index (χ0n) is 12.5. The zero-order valence-corrected chi connectivity index (χ0v) is 12.5. The van der Waals surface area contributed by atoms with Crippen LogP contribution in [0.3, 0.4) is 0 Å². The summed E-state index contributed by atoms with van der Waals surface area (Å²) in [5.41, 5.74) is 2.11. The van der Waals surface area contributed by atoms with E-state index in [1.807, 2.05) is 41.2 Å². The maximum absolute atomic E-state index is 10.1. The van der Waals surface area contributed by atoms with E-state index in [9.17, 15) is 5.11 Å². The van der Waals surface area contributed by atoms with Crippen LogP contribution in [0.15, 0.2) is 42.6 Å². The molecule has 1 saturated carbocycles. The van der Waals surface area contributed by atoms with E-state index in [4.69, 9.17) is 0 Å². The molecule has 0 bridgehead atoms. The molecule has 1 heterocycles. The van der Waals surface area contributed by atoms with Crippen molar-refractivity contribution in [3.63, 3.8) is 0 Å². The smallest absolute Gasteiger partial charge is 0.0769 e. The first-order valence-electron chi connectivity index (χ1n) is 7.72. The minimum atomic E-state index is -0.194. The van der Waals surface area contributed by atoms with Gasteiger partial charge in [0.25, 0.3) is 0 Å². The lowest BCUT2D eigenvalue weighted by molar-refractivity contribution is 0.0283. The predicted molar refractivity (Wildman–Crippen MR) is 83.3 cm³/mol. The van der Waals surface area contributed by atoms with Crippen LogP contribution in [-0.2, 0) is 6.54 Å². The van der Waals surface area contributed by atoms with Gasteiger partial charge in [-0.1, -0.05) is 31.0 Å². The molecule has 2 atom stereocenters. The first-order valence-corrected chi connectivity index (χ1v) is 7.72. The van der Waals surface area contributed by atoms with E-state index in [1.165, 1.54) is 6.42 Å². The summed E-state index contributed by atoms with van der Waals surface area (Å²) >= 11 is 0. The highest BCUT2D eigenvalue weighted by molar-refractivity contribution is 5.30. The summed E-state index contributed by atoms with van der Waals surface area (Å²) in [4.78, 5) is 2.24. The molecule has 0 radical (unpaired) electrons. The molecule has 0 amide bonds. The number of rotatable bonds is 4. The molecular weight excluding hydrogens is 262 g/mol. The summed E-state index contributed by atoms with van der Waals surface area (Å²) in [5, 5.41) is 14.8. The van der Waals surface area contributed by atoms with Crippen LogP contribution in [0.5, 0.6) is 0 Å². The minimum Gasteiger partial charge on any atom is -0.391 e. The van der Waals surface area contributed by atoms with Gasteiger partial charge in [0.2, 0.25) is 0 Å². The van der Waals surface area contributed by atoms with Crippen LogP contribution < -0.4 is 0 Å². The Morgan fingerprint density at radius 3 is 2.71 bits per heavy atom. The summed E-state index contributed by atoms with van der Waals surface area (Å²) in [6, 6.07) is 12.4. The van der Waals surface area contributed by atoms with Crippen molar-refractivity contribution in [2.45, 2.75) is 44.4 Å². The van der Waals surface area contributed by atoms with Crippen LogP contribution in [-0.4, -0.2) is 39.0 Å². The van der Waals surface area contributed by atoms with Crippen molar-refractivity contribution in [1.82, 2.24) is 14.7 Å². The molecule has 1 aromatic carbocycles. The lowest BCUT2D eigenvalue weighted by Gasteiger charge is -2.34. The average Bonchev–Trinajstić information content (AvgIpc) is 2.97. The molecule has 3 rings (SSSR count). The van der Waals surface area contributed by atoms with Crippen molar-refractivity contribution in [2.24, 2.45) is 0 Å². The Labute approximate surface area is 126 Å². The van der Waals surface area contributed by atoms with Gasteiger partial charge in [-0.15, -0.1) is 0 Å². The van der Waals surface area contributed by atoms with Gasteiger partial charge in [-0.2, -0.15) is 5.10 Å². The lowest BCUT2D eigenvalue weighted by atomic mass is 9.91. The van der Waals surface area contributed by atoms with Crippen LogP contribution in [0.2, 0.25) is 0 Å². The van der Waals surface area contributed by atoms with Crippen LogP contribution in [0.4, 0.5) is 0 Å². The maximum atomic E-state index is 10.1. The van der Waals surface area contributed by atoms with E-state index in [-0.39, 0.29) is 12.1 Å². The lowest BCUT2D eigenvalue weighted by Crippen LogP contribution is -2.42. The van der Waals surface area contributed by atoms with E-state index in [0.29, 0.717) is 0 Å². The number of aliphatic hydroxyl groups is 1. The molecule has 1 fully saturated rings. The van der Waals surface area contributed by atoms with E-state index in [0.717, 1.165) is 37.2 Å². The minimum absolute atomic E-state index is 0.194. The molecule has 2 aromatic rings. The molecule has 21 heavy (non-hydrogen) atoms. The SMILES string of the molecule is CN(Cc1ccn(-c2ccccc2)n1)C1CCCCC1O. The second-order valence-electron chi connectivity index (χ2n) is 5.92. The largest absolute Gasteiger partial charge is 0.391 e. The fourth-order valence-electron chi connectivity index (χ4n) is 3.15. The van der Waals surface area contributed by atoms with Crippen molar-refractivity contribution in [3.8, 4) is 5.69 Å². The van der Waals surface area contributed by atoms with Crippen molar-refractivity contribution in [1.29, 1.82) is 0 Å². The quantitative estimate of drug-likeness (QED) is 0.939. The molecule has 4 heteroatoms. The maximum Gasteiger partial charge on any atom is 0.0769 e. The van der Waals surface area contributed by atoms with Gasteiger partial charge in [-0.3, -0.25) is 4.90 Å². The average molecular weight is 285 g/mol. The highest BCUT2D eigenvalue weighted by atomic mass is 16.3. The Kier molecular flexibility index (Phi) is 4.36. The molecule has 0 spiro atoms. The predicted octanol–water partition coefficient (Wildman–Crippen LogP) is 2.61. The summed E-state index contributed by atoms with van der Waals surface area (Å²) in [6.07, 6.45) is 6.17. The van der Waals surface area contributed by atoms with Crippen LogP contribution in [0, 0.1) is 0 Å². The topological polar surface area (TPSA) is 41.3 Å². The molecule has 0 aliphatic heterocycles. The third kappa shape index (κ3) is 3.34. The highest BCUT2D eigenvalue weighted by Crippen LogP contribution is 2.23. The van der Waals surface area contributed by atoms with Crippen molar-refractivity contribution in [2.75, 3.05) is 7.05 Å². The third-order valence-corrected chi connectivity index (χ3v) is 4.34. The number of benzene rings is 1. The van der Waals surface area contributed by atoms with Gasteiger partial charge in [0.15, 0.2) is 0 Å². The first-order chi connectivity index (χ1) is 10.2. The van der Waals surface area contributed by atoms with Crippen LogP contribution >= 0.6 is 0 Å². The summed E-state index contributed by atoms with van der Waals surface area (Å²) in [7, 11) is 2.08. The Morgan fingerprint density at radius 1 is 1.19 bits per heavy atom. The molecule has 0 saturated heterocycles. The number of nitrogens with zero attached hydrogens (tertiary/aromatic N) is 3. The standard InChI is InChI=1S/C17H23N3O/c1-19(16-9-5-6-10-17(16)21)13-14-11-12-20(18-14)15-7-3-2-4-8-15/h2-4,7-8,11-12,16-17,21H,5-6,9-10,13H2,1H3. The van der Waals surface area contributed by atoms with Gasteiger partial charge < -0.3 is 5.11 Å². The monoisotopic (exact) mass is 285 g/mol. The van der Waals surface area contributed by atoms with E-state index < -0.39 is 0 Å². The fourth-order valence-corrected chi connectivity index (χ4v) is 3.15. The molecule has 1 aromatic heterocycles. The molecule has 4 nitrogen and oxygen atoms in total.